The molecule has 18 heavy (non-hydrogen) atoms. The van der Waals surface area contributed by atoms with Crippen molar-refractivity contribution in [1.82, 2.24) is 9.97 Å². The van der Waals surface area contributed by atoms with Crippen LogP contribution < -0.4 is 5.32 Å². The van der Waals surface area contributed by atoms with Crippen LogP contribution in [0.5, 0.6) is 0 Å². The largest absolute Gasteiger partial charge is 0.370 e. The van der Waals surface area contributed by atoms with Gasteiger partial charge in [-0.05, 0) is 31.4 Å². The topological polar surface area (TPSA) is 37.8 Å². The Bertz CT molecular complexity index is 505. The van der Waals surface area contributed by atoms with Gasteiger partial charge >= 0.3 is 0 Å². The minimum atomic E-state index is 0.648. The van der Waals surface area contributed by atoms with Crippen LogP contribution in [0.25, 0.3) is 10.6 Å². The third kappa shape index (κ3) is 3.29. The fourth-order valence-corrected chi connectivity index (χ4v) is 2.62. The highest BCUT2D eigenvalue weighted by Gasteiger charge is 2.07. The Morgan fingerprint density at radius 1 is 1.39 bits per heavy atom. The van der Waals surface area contributed by atoms with E-state index in [2.05, 4.69) is 47.5 Å². The predicted molar refractivity (Wildman–Crippen MR) is 78.1 cm³/mol. The molecule has 2 rings (SSSR count). The minimum Gasteiger partial charge on any atom is -0.370 e. The average molecular weight is 261 g/mol. The lowest BCUT2D eigenvalue weighted by atomic mass is 10.1. The van der Waals surface area contributed by atoms with Crippen LogP contribution in [0.15, 0.2) is 23.7 Å². The van der Waals surface area contributed by atoms with Gasteiger partial charge in [0.1, 0.15) is 10.8 Å². The molecule has 0 radical (unpaired) electrons. The molecule has 0 aliphatic carbocycles. The summed E-state index contributed by atoms with van der Waals surface area (Å²) in [5.74, 6) is 1.56. The van der Waals surface area contributed by atoms with Crippen LogP contribution in [0.1, 0.15) is 26.5 Å². The van der Waals surface area contributed by atoms with E-state index in [4.69, 9.17) is 0 Å². The van der Waals surface area contributed by atoms with Crippen LogP contribution in [0, 0.1) is 5.92 Å². The zero-order valence-electron chi connectivity index (χ0n) is 11.1. The first-order chi connectivity index (χ1) is 8.69. The smallest absolute Gasteiger partial charge is 0.126 e. The molecule has 2 aromatic heterocycles. The van der Waals surface area contributed by atoms with E-state index in [0.29, 0.717) is 5.92 Å². The van der Waals surface area contributed by atoms with Crippen LogP contribution in [0.4, 0.5) is 5.82 Å². The Balaban J connectivity index is 2.20. The van der Waals surface area contributed by atoms with E-state index in [1.807, 2.05) is 12.3 Å². The summed E-state index contributed by atoms with van der Waals surface area (Å²) in [6.07, 6.45) is 2.87. The standard InChI is InChI=1S/C14H19N3S/c1-4-15-13-8-11(5-6-16-13)14-17-12(9-18-14)7-10(2)3/h5-6,8-10H,4,7H2,1-3H3,(H,15,16). The number of anilines is 1. The van der Waals surface area contributed by atoms with E-state index in [-0.39, 0.29) is 0 Å². The second-order valence-corrected chi connectivity index (χ2v) is 5.56. The molecule has 4 heteroatoms. The SMILES string of the molecule is CCNc1cc(-c2nc(CC(C)C)cs2)ccn1. The van der Waals surface area contributed by atoms with E-state index in [1.165, 1.54) is 5.69 Å². The third-order valence-corrected chi connectivity index (χ3v) is 3.47. The molecule has 0 amide bonds. The first-order valence-electron chi connectivity index (χ1n) is 6.33. The molecule has 3 nitrogen and oxygen atoms in total. The van der Waals surface area contributed by atoms with Crippen molar-refractivity contribution in [2.45, 2.75) is 27.2 Å². The van der Waals surface area contributed by atoms with Crippen LogP contribution in [0.3, 0.4) is 0 Å². The lowest BCUT2D eigenvalue weighted by Crippen LogP contribution is -1.98. The maximum Gasteiger partial charge on any atom is 0.126 e. The number of hydrogen-bond donors (Lipinski definition) is 1. The van der Waals surface area contributed by atoms with Gasteiger partial charge in [0, 0.05) is 23.7 Å². The minimum absolute atomic E-state index is 0.648. The highest BCUT2D eigenvalue weighted by Crippen LogP contribution is 2.25. The first-order valence-corrected chi connectivity index (χ1v) is 7.21. The fourth-order valence-electron chi connectivity index (χ4n) is 1.79. The molecule has 0 saturated carbocycles. The summed E-state index contributed by atoms with van der Waals surface area (Å²) in [5.41, 5.74) is 2.33. The normalized spacial score (nSPS) is 10.9. The van der Waals surface area contributed by atoms with Gasteiger partial charge in [-0.2, -0.15) is 0 Å². The first kappa shape index (κ1) is 13.0. The van der Waals surface area contributed by atoms with Gasteiger partial charge in [0.25, 0.3) is 0 Å². The maximum absolute atomic E-state index is 4.68. The van der Waals surface area contributed by atoms with Crippen LogP contribution in [-0.4, -0.2) is 16.5 Å². The van der Waals surface area contributed by atoms with E-state index in [0.717, 1.165) is 29.4 Å². The lowest BCUT2D eigenvalue weighted by molar-refractivity contribution is 0.638. The molecule has 2 aromatic rings. The molecule has 0 aliphatic heterocycles. The van der Waals surface area contributed by atoms with Crippen molar-refractivity contribution < 1.29 is 0 Å². The number of hydrogen-bond acceptors (Lipinski definition) is 4. The third-order valence-electron chi connectivity index (χ3n) is 2.53. The Hall–Kier alpha value is -1.42. The van der Waals surface area contributed by atoms with Crippen LogP contribution in [-0.2, 0) is 6.42 Å². The van der Waals surface area contributed by atoms with Crippen molar-refractivity contribution in [1.29, 1.82) is 0 Å². The average Bonchev–Trinajstić information content (AvgIpc) is 2.77. The molecule has 96 valence electrons. The number of rotatable bonds is 5. The monoisotopic (exact) mass is 261 g/mol. The molecule has 0 spiro atoms. The molecule has 0 aromatic carbocycles. The number of thiazole rings is 1. The van der Waals surface area contributed by atoms with Crippen LogP contribution in [0.2, 0.25) is 0 Å². The molecule has 1 N–H and O–H groups in total. The summed E-state index contributed by atoms with van der Waals surface area (Å²) in [4.78, 5) is 8.96. The van der Waals surface area contributed by atoms with Gasteiger partial charge in [-0.25, -0.2) is 9.97 Å². The van der Waals surface area contributed by atoms with Gasteiger partial charge < -0.3 is 5.32 Å². The highest BCUT2D eigenvalue weighted by atomic mass is 32.1. The molecular weight excluding hydrogens is 242 g/mol. The Morgan fingerprint density at radius 2 is 2.22 bits per heavy atom. The second-order valence-electron chi connectivity index (χ2n) is 4.70. The molecule has 0 saturated heterocycles. The molecule has 0 bridgehead atoms. The van der Waals surface area contributed by atoms with Gasteiger partial charge in [-0.15, -0.1) is 11.3 Å². The molecule has 0 fully saturated rings. The fraction of sp³-hybridized carbons (Fsp3) is 0.429. The van der Waals surface area contributed by atoms with Crippen molar-refractivity contribution in [3.63, 3.8) is 0 Å². The summed E-state index contributed by atoms with van der Waals surface area (Å²) in [7, 11) is 0. The van der Waals surface area contributed by atoms with Crippen molar-refractivity contribution >= 4 is 17.2 Å². The molecule has 2 heterocycles. The Morgan fingerprint density at radius 3 is 2.94 bits per heavy atom. The van der Waals surface area contributed by atoms with Crippen molar-refractivity contribution in [3.8, 4) is 10.6 Å². The van der Waals surface area contributed by atoms with Gasteiger partial charge in [0.05, 0.1) is 5.69 Å². The van der Waals surface area contributed by atoms with Gasteiger partial charge in [-0.1, -0.05) is 13.8 Å². The van der Waals surface area contributed by atoms with Gasteiger partial charge in [-0.3, -0.25) is 0 Å². The summed E-state index contributed by atoms with van der Waals surface area (Å²) >= 11 is 1.70. The lowest BCUT2D eigenvalue weighted by Gasteiger charge is -2.03. The van der Waals surface area contributed by atoms with E-state index >= 15 is 0 Å². The second kappa shape index (κ2) is 5.96. The maximum atomic E-state index is 4.68. The zero-order valence-corrected chi connectivity index (χ0v) is 11.9. The number of nitrogens with one attached hydrogen (secondary N) is 1. The molecule has 0 atom stereocenters. The molecule has 0 aliphatic rings. The summed E-state index contributed by atoms with van der Waals surface area (Å²) in [6.45, 7) is 7.38. The summed E-state index contributed by atoms with van der Waals surface area (Å²) in [5, 5.41) is 6.45. The summed E-state index contributed by atoms with van der Waals surface area (Å²) < 4.78 is 0. The molecule has 0 unspecified atom stereocenters. The number of aromatic nitrogens is 2. The molecular formula is C14H19N3S. The predicted octanol–water partition coefficient (Wildman–Crippen LogP) is 3.84. The Kier molecular flexibility index (Phi) is 4.31. The highest BCUT2D eigenvalue weighted by molar-refractivity contribution is 7.13. The van der Waals surface area contributed by atoms with Crippen molar-refractivity contribution in [2.24, 2.45) is 5.92 Å². The van der Waals surface area contributed by atoms with E-state index < -0.39 is 0 Å². The van der Waals surface area contributed by atoms with Crippen molar-refractivity contribution in [3.05, 3.63) is 29.4 Å². The van der Waals surface area contributed by atoms with E-state index in [1.54, 1.807) is 11.3 Å². The number of pyridine rings is 1. The van der Waals surface area contributed by atoms with Gasteiger partial charge in [0.15, 0.2) is 0 Å². The zero-order chi connectivity index (χ0) is 13.0. The van der Waals surface area contributed by atoms with E-state index in [9.17, 15) is 0 Å². The summed E-state index contributed by atoms with van der Waals surface area (Å²) in [6, 6.07) is 4.07. The Labute approximate surface area is 112 Å². The quantitative estimate of drug-likeness (QED) is 0.888. The van der Waals surface area contributed by atoms with Gasteiger partial charge in [0.2, 0.25) is 0 Å². The number of nitrogens with zero attached hydrogens (tertiary/aromatic N) is 2. The van der Waals surface area contributed by atoms with Crippen molar-refractivity contribution in [2.75, 3.05) is 11.9 Å². The van der Waals surface area contributed by atoms with Crippen LogP contribution >= 0.6 is 11.3 Å².